The Labute approximate surface area is 144 Å². The lowest BCUT2D eigenvalue weighted by Crippen LogP contribution is -2.07. The Bertz CT molecular complexity index is 1030. The zero-order chi connectivity index (χ0) is 17.3. The molecule has 0 unspecified atom stereocenters. The molecular weight excluding hydrogens is 348 g/mol. The van der Waals surface area contributed by atoms with Gasteiger partial charge in [0.25, 0.3) is 0 Å². The molecule has 0 aliphatic heterocycles. The lowest BCUT2D eigenvalue weighted by Gasteiger charge is -2.08. The molecule has 0 saturated heterocycles. The standard InChI is InChI=1S/C17H13ClN2O3S/c1-11(21)13-7-5-12(6-8-13)10-24(22,23)15-4-2-3-14-17(15)20-16(18)9-19-14/h2-9H,10H2,1H3. The number of hydrogen-bond acceptors (Lipinski definition) is 5. The van der Waals surface area contributed by atoms with Crippen LogP contribution in [0.5, 0.6) is 0 Å². The molecule has 0 saturated carbocycles. The highest BCUT2D eigenvalue weighted by molar-refractivity contribution is 7.90. The van der Waals surface area contributed by atoms with Crippen molar-refractivity contribution in [2.45, 2.75) is 17.6 Å². The fourth-order valence-corrected chi connectivity index (χ4v) is 4.02. The summed E-state index contributed by atoms with van der Waals surface area (Å²) in [5, 5.41) is 0.135. The van der Waals surface area contributed by atoms with Crippen LogP contribution in [0.3, 0.4) is 0 Å². The number of carbonyl (C=O) groups is 1. The quantitative estimate of drug-likeness (QED) is 0.666. The number of nitrogens with zero attached hydrogens (tertiary/aromatic N) is 2. The molecule has 3 rings (SSSR count). The van der Waals surface area contributed by atoms with Crippen LogP contribution in [0.15, 0.2) is 53.6 Å². The second-order valence-corrected chi connectivity index (χ2v) is 7.67. The SMILES string of the molecule is CC(=O)c1ccc(CS(=O)(=O)c2cccc3ncc(Cl)nc23)cc1. The van der Waals surface area contributed by atoms with Crippen molar-refractivity contribution in [3.8, 4) is 0 Å². The molecule has 7 heteroatoms. The summed E-state index contributed by atoms with van der Waals surface area (Å²) in [5.74, 6) is -0.262. The minimum absolute atomic E-state index is 0.0663. The number of Topliss-reactive ketones (excluding diaryl/α,β-unsaturated/α-hetero) is 1. The van der Waals surface area contributed by atoms with Crippen LogP contribution in [0.1, 0.15) is 22.8 Å². The van der Waals surface area contributed by atoms with Gasteiger partial charge < -0.3 is 0 Å². The number of benzene rings is 2. The van der Waals surface area contributed by atoms with Gasteiger partial charge in [0.1, 0.15) is 10.7 Å². The van der Waals surface area contributed by atoms with E-state index in [1.54, 1.807) is 36.4 Å². The van der Waals surface area contributed by atoms with Crippen LogP contribution in [0.2, 0.25) is 5.15 Å². The van der Waals surface area contributed by atoms with Crippen LogP contribution < -0.4 is 0 Å². The van der Waals surface area contributed by atoms with Gasteiger partial charge in [-0.1, -0.05) is 41.9 Å². The van der Waals surface area contributed by atoms with Gasteiger partial charge in [0.2, 0.25) is 0 Å². The number of ketones is 1. The summed E-state index contributed by atoms with van der Waals surface area (Å²) in [4.78, 5) is 19.6. The molecule has 0 atom stereocenters. The lowest BCUT2D eigenvalue weighted by atomic mass is 10.1. The molecule has 0 N–H and O–H groups in total. The summed E-state index contributed by atoms with van der Waals surface area (Å²) in [5.41, 5.74) is 1.85. The molecule has 0 bridgehead atoms. The van der Waals surface area contributed by atoms with E-state index >= 15 is 0 Å². The Morgan fingerprint density at radius 3 is 2.50 bits per heavy atom. The molecule has 0 amide bonds. The zero-order valence-corrected chi connectivity index (χ0v) is 14.3. The maximum Gasteiger partial charge on any atom is 0.184 e. The van der Waals surface area contributed by atoms with Gasteiger partial charge in [0.15, 0.2) is 15.6 Å². The van der Waals surface area contributed by atoms with Gasteiger partial charge in [0.05, 0.1) is 22.4 Å². The summed E-state index contributed by atoms with van der Waals surface area (Å²) < 4.78 is 25.5. The van der Waals surface area contributed by atoms with E-state index in [0.717, 1.165) is 0 Å². The van der Waals surface area contributed by atoms with E-state index in [1.807, 2.05) is 0 Å². The first kappa shape index (κ1) is 16.5. The largest absolute Gasteiger partial charge is 0.295 e. The number of carbonyl (C=O) groups excluding carboxylic acids is 1. The van der Waals surface area contributed by atoms with E-state index in [0.29, 0.717) is 16.6 Å². The van der Waals surface area contributed by atoms with Gasteiger partial charge in [-0.15, -0.1) is 0 Å². The number of hydrogen-bond donors (Lipinski definition) is 0. The molecule has 0 radical (unpaired) electrons. The minimum atomic E-state index is -3.64. The molecule has 2 aromatic carbocycles. The topological polar surface area (TPSA) is 77.0 Å². The van der Waals surface area contributed by atoms with E-state index in [9.17, 15) is 13.2 Å². The van der Waals surface area contributed by atoms with Gasteiger partial charge in [-0.25, -0.2) is 13.4 Å². The van der Waals surface area contributed by atoms with Crippen molar-refractivity contribution in [2.24, 2.45) is 0 Å². The third-order valence-corrected chi connectivity index (χ3v) is 5.45. The van der Waals surface area contributed by atoms with Crippen molar-refractivity contribution in [1.29, 1.82) is 0 Å². The highest BCUT2D eigenvalue weighted by Crippen LogP contribution is 2.24. The summed E-state index contributed by atoms with van der Waals surface area (Å²) in [7, 11) is -3.64. The number of para-hydroxylation sites is 1. The summed E-state index contributed by atoms with van der Waals surface area (Å²) >= 11 is 5.85. The van der Waals surface area contributed by atoms with Gasteiger partial charge in [-0.05, 0) is 24.6 Å². The molecule has 24 heavy (non-hydrogen) atoms. The second-order valence-electron chi connectivity index (χ2n) is 5.33. The first-order chi connectivity index (χ1) is 11.4. The van der Waals surface area contributed by atoms with Crippen molar-refractivity contribution in [3.63, 3.8) is 0 Å². The highest BCUT2D eigenvalue weighted by Gasteiger charge is 2.20. The molecule has 0 aliphatic rings. The predicted octanol–water partition coefficient (Wildman–Crippen LogP) is 3.46. The minimum Gasteiger partial charge on any atom is -0.295 e. The van der Waals surface area contributed by atoms with Gasteiger partial charge in [-0.3, -0.25) is 9.78 Å². The summed E-state index contributed by atoms with van der Waals surface area (Å²) in [6.45, 7) is 1.46. The average Bonchev–Trinajstić information content (AvgIpc) is 2.54. The predicted molar refractivity (Wildman–Crippen MR) is 91.9 cm³/mol. The number of aromatic nitrogens is 2. The molecule has 122 valence electrons. The van der Waals surface area contributed by atoms with E-state index in [-0.39, 0.29) is 27.1 Å². The molecule has 0 aliphatic carbocycles. The second kappa shape index (κ2) is 6.30. The van der Waals surface area contributed by atoms with E-state index in [2.05, 4.69) is 9.97 Å². The fourth-order valence-electron chi connectivity index (χ4n) is 2.37. The number of halogens is 1. The van der Waals surface area contributed by atoms with Crippen LogP contribution in [-0.4, -0.2) is 24.2 Å². The first-order valence-electron chi connectivity index (χ1n) is 7.11. The first-order valence-corrected chi connectivity index (χ1v) is 9.14. The molecule has 1 heterocycles. The monoisotopic (exact) mass is 360 g/mol. The van der Waals surface area contributed by atoms with Crippen molar-refractivity contribution in [3.05, 3.63) is 64.9 Å². The maximum atomic E-state index is 12.8. The van der Waals surface area contributed by atoms with E-state index in [4.69, 9.17) is 11.6 Å². The zero-order valence-electron chi connectivity index (χ0n) is 12.7. The van der Waals surface area contributed by atoms with Gasteiger partial charge in [-0.2, -0.15) is 0 Å². The Morgan fingerprint density at radius 2 is 1.83 bits per heavy atom. The Kier molecular flexibility index (Phi) is 4.34. The van der Waals surface area contributed by atoms with Crippen LogP contribution >= 0.6 is 11.6 Å². The number of sulfone groups is 1. The third-order valence-electron chi connectivity index (χ3n) is 3.56. The Balaban J connectivity index is 2.02. The van der Waals surface area contributed by atoms with Crippen LogP contribution in [-0.2, 0) is 15.6 Å². The summed E-state index contributed by atoms with van der Waals surface area (Å²) in [6.07, 6.45) is 1.38. The van der Waals surface area contributed by atoms with Crippen molar-refractivity contribution < 1.29 is 13.2 Å². The highest BCUT2D eigenvalue weighted by atomic mass is 35.5. The fraction of sp³-hybridized carbons (Fsp3) is 0.118. The van der Waals surface area contributed by atoms with Crippen molar-refractivity contribution in [1.82, 2.24) is 9.97 Å². The molecule has 0 fully saturated rings. The smallest absolute Gasteiger partial charge is 0.184 e. The van der Waals surface area contributed by atoms with Crippen molar-refractivity contribution in [2.75, 3.05) is 0 Å². The number of rotatable bonds is 4. The molecule has 0 spiro atoms. The van der Waals surface area contributed by atoms with Gasteiger partial charge in [0, 0.05) is 5.56 Å². The average molecular weight is 361 g/mol. The van der Waals surface area contributed by atoms with Gasteiger partial charge >= 0.3 is 0 Å². The Hall–Kier alpha value is -2.31. The van der Waals surface area contributed by atoms with Crippen LogP contribution in [0.4, 0.5) is 0 Å². The molecule has 1 aromatic heterocycles. The molecule has 5 nitrogen and oxygen atoms in total. The lowest BCUT2D eigenvalue weighted by molar-refractivity contribution is 0.101. The molecule has 3 aromatic rings. The van der Waals surface area contributed by atoms with E-state index in [1.165, 1.54) is 19.2 Å². The van der Waals surface area contributed by atoms with Crippen LogP contribution in [0.25, 0.3) is 11.0 Å². The molecular formula is C17H13ClN2O3S. The van der Waals surface area contributed by atoms with Crippen molar-refractivity contribution >= 4 is 38.3 Å². The maximum absolute atomic E-state index is 12.8. The van der Waals surface area contributed by atoms with E-state index < -0.39 is 9.84 Å². The third kappa shape index (κ3) is 3.29. The normalized spacial score (nSPS) is 11.6. The Morgan fingerprint density at radius 1 is 1.12 bits per heavy atom. The van der Waals surface area contributed by atoms with Crippen LogP contribution in [0, 0.1) is 0 Å². The number of fused-ring (bicyclic) bond motifs is 1. The summed E-state index contributed by atoms with van der Waals surface area (Å²) in [6, 6.07) is 11.3.